The van der Waals surface area contributed by atoms with Crippen molar-refractivity contribution >= 4 is 45.3 Å². The molecule has 1 fully saturated rings. The third-order valence-corrected chi connectivity index (χ3v) is 10.1. The van der Waals surface area contributed by atoms with E-state index in [9.17, 15) is 14.4 Å². The number of H-pyrrole nitrogens is 2. The van der Waals surface area contributed by atoms with Gasteiger partial charge >= 0.3 is 6.03 Å². The summed E-state index contributed by atoms with van der Waals surface area (Å²) in [5.41, 5.74) is 6.03. The summed E-state index contributed by atoms with van der Waals surface area (Å²) in [5.74, 6) is -0.333. The molecular formula is C42H45N7O3. The molecule has 3 N–H and O–H groups in total. The van der Waals surface area contributed by atoms with Crippen LogP contribution in [-0.4, -0.2) is 107 Å². The number of carbonyl (C=O) groups is 3. The number of nitrogens with zero attached hydrogens (tertiary/aromatic N) is 4. The van der Waals surface area contributed by atoms with Gasteiger partial charge < -0.3 is 30.0 Å². The first kappa shape index (κ1) is 34.6. The molecule has 0 unspecified atom stereocenters. The topological polar surface area (TPSA) is 108 Å². The molecule has 0 aliphatic carbocycles. The van der Waals surface area contributed by atoms with Crippen molar-refractivity contribution in [3.05, 3.63) is 138 Å². The highest BCUT2D eigenvalue weighted by Gasteiger charge is 2.26. The van der Waals surface area contributed by atoms with E-state index in [2.05, 4.69) is 38.4 Å². The van der Waals surface area contributed by atoms with E-state index in [0.29, 0.717) is 76.3 Å². The van der Waals surface area contributed by atoms with E-state index < -0.39 is 0 Å². The third kappa shape index (κ3) is 7.87. The number of carbonyl (C=O) groups excluding carboxylic acids is 3. The van der Waals surface area contributed by atoms with Gasteiger partial charge in [0.15, 0.2) is 0 Å². The zero-order valence-electron chi connectivity index (χ0n) is 29.6. The van der Waals surface area contributed by atoms with Crippen LogP contribution < -0.4 is 5.32 Å². The van der Waals surface area contributed by atoms with Crippen LogP contribution in [0.2, 0.25) is 0 Å². The number of fused-ring (bicyclic) bond motifs is 2. The molecule has 0 spiro atoms. The second kappa shape index (κ2) is 16.0. The molecule has 0 saturated carbocycles. The molecule has 1 aliphatic heterocycles. The van der Waals surface area contributed by atoms with Crippen molar-refractivity contribution in [1.29, 1.82) is 0 Å². The molecular weight excluding hydrogens is 651 g/mol. The molecule has 0 bridgehead atoms. The molecule has 0 atom stereocenters. The average Bonchev–Trinajstić information content (AvgIpc) is 3.81. The summed E-state index contributed by atoms with van der Waals surface area (Å²) in [6.45, 7) is 4.80. The van der Waals surface area contributed by atoms with Crippen molar-refractivity contribution in [2.45, 2.75) is 12.8 Å². The van der Waals surface area contributed by atoms with Gasteiger partial charge in [-0.3, -0.25) is 14.5 Å². The minimum Gasteiger partial charge on any atom is -0.361 e. The highest BCUT2D eigenvalue weighted by atomic mass is 16.2. The van der Waals surface area contributed by atoms with E-state index in [-0.39, 0.29) is 17.8 Å². The Morgan fingerprint density at radius 3 is 1.81 bits per heavy atom. The van der Waals surface area contributed by atoms with Crippen LogP contribution in [0, 0.1) is 0 Å². The van der Waals surface area contributed by atoms with E-state index in [4.69, 9.17) is 0 Å². The van der Waals surface area contributed by atoms with Crippen molar-refractivity contribution in [2.24, 2.45) is 0 Å². The maximum Gasteiger partial charge on any atom is 0.321 e. The van der Waals surface area contributed by atoms with Gasteiger partial charge in [0.1, 0.15) is 0 Å². The number of aromatic amines is 2. The summed E-state index contributed by atoms with van der Waals surface area (Å²) in [4.78, 5) is 55.6. The monoisotopic (exact) mass is 695 g/mol. The molecule has 1 saturated heterocycles. The van der Waals surface area contributed by atoms with Gasteiger partial charge in [-0.05, 0) is 60.4 Å². The highest BCUT2D eigenvalue weighted by Crippen LogP contribution is 2.22. The van der Waals surface area contributed by atoms with Gasteiger partial charge in [0, 0.05) is 99.3 Å². The van der Waals surface area contributed by atoms with Gasteiger partial charge in [0.05, 0.1) is 11.1 Å². The first-order chi connectivity index (χ1) is 25.4. The molecule has 10 nitrogen and oxygen atoms in total. The molecule has 52 heavy (non-hydrogen) atoms. The number of anilines is 1. The molecule has 4 amide bonds. The number of rotatable bonds is 12. The van der Waals surface area contributed by atoms with Gasteiger partial charge in [-0.2, -0.15) is 0 Å². The largest absolute Gasteiger partial charge is 0.361 e. The van der Waals surface area contributed by atoms with Gasteiger partial charge in [-0.1, -0.05) is 66.7 Å². The Morgan fingerprint density at radius 1 is 0.635 bits per heavy atom. The summed E-state index contributed by atoms with van der Waals surface area (Å²) in [5, 5.41) is 5.28. The lowest BCUT2D eigenvalue weighted by molar-refractivity contribution is 0.0704. The maximum atomic E-state index is 14.5. The van der Waals surface area contributed by atoms with Gasteiger partial charge in [-0.15, -0.1) is 0 Å². The normalized spacial score (nSPS) is 13.4. The molecule has 1 aliphatic rings. The van der Waals surface area contributed by atoms with Crippen molar-refractivity contribution in [2.75, 3.05) is 64.7 Å². The number of nitrogens with one attached hydrogen (secondary N) is 3. The van der Waals surface area contributed by atoms with E-state index in [1.165, 1.54) is 0 Å². The SMILES string of the molecule is CN(CCc1c[nH]c2ccccc12)C(=O)c1ccccc1C(=O)N(CCc1c[nH]c2ccccc12)CCN1CCN(C(=O)Nc2ccccc2)CC1. The smallest absolute Gasteiger partial charge is 0.321 e. The van der Waals surface area contributed by atoms with Crippen LogP contribution in [0.4, 0.5) is 10.5 Å². The first-order valence-corrected chi connectivity index (χ1v) is 18.0. The molecule has 4 aromatic carbocycles. The zero-order chi connectivity index (χ0) is 35.9. The number of piperazine rings is 1. The predicted octanol–water partition coefficient (Wildman–Crippen LogP) is 6.50. The summed E-state index contributed by atoms with van der Waals surface area (Å²) in [6, 6.07) is 32.9. The zero-order valence-corrected chi connectivity index (χ0v) is 29.6. The predicted molar refractivity (Wildman–Crippen MR) is 207 cm³/mol. The van der Waals surface area contributed by atoms with Crippen LogP contribution in [0.25, 0.3) is 21.8 Å². The molecule has 6 aromatic rings. The first-order valence-electron chi connectivity index (χ1n) is 18.0. The van der Waals surface area contributed by atoms with Crippen LogP contribution in [-0.2, 0) is 12.8 Å². The van der Waals surface area contributed by atoms with Crippen LogP contribution in [0.15, 0.2) is 116 Å². The second-order valence-corrected chi connectivity index (χ2v) is 13.4. The Morgan fingerprint density at radius 2 is 1.17 bits per heavy atom. The minimum atomic E-state index is -0.176. The van der Waals surface area contributed by atoms with E-state index >= 15 is 0 Å². The van der Waals surface area contributed by atoms with E-state index in [1.54, 1.807) is 24.1 Å². The fourth-order valence-corrected chi connectivity index (χ4v) is 7.03. The van der Waals surface area contributed by atoms with Gasteiger partial charge in [0.2, 0.25) is 0 Å². The van der Waals surface area contributed by atoms with Crippen molar-refractivity contribution in [3.63, 3.8) is 0 Å². The lowest BCUT2D eigenvalue weighted by atomic mass is 10.0. The number of hydrogen-bond acceptors (Lipinski definition) is 4. The molecule has 3 heterocycles. The number of urea groups is 1. The van der Waals surface area contributed by atoms with Crippen LogP contribution in [0.5, 0.6) is 0 Å². The number of aromatic nitrogens is 2. The molecule has 266 valence electrons. The standard InChI is InChI=1S/C42H45N7O3/c1-46(21-19-31-29-43-38-17-9-7-13-34(31)38)40(50)36-15-5-6-16-37(36)41(51)48(22-20-32-30-44-39-18-10-8-14-35(32)39)26-23-47-24-27-49(28-25-47)42(52)45-33-11-3-2-4-12-33/h2-18,29-30,43-44H,19-28H2,1H3,(H,45,52). The quantitative estimate of drug-likeness (QED) is 0.136. The van der Waals surface area contributed by atoms with E-state index in [1.807, 2.05) is 95.0 Å². The Labute approximate surface area is 304 Å². The Bertz CT molecular complexity index is 2150. The Balaban J connectivity index is 1.03. The van der Waals surface area contributed by atoms with Gasteiger partial charge in [-0.25, -0.2) is 4.79 Å². The number of amides is 4. The van der Waals surface area contributed by atoms with Crippen molar-refractivity contribution in [1.82, 2.24) is 29.6 Å². The van der Waals surface area contributed by atoms with Crippen LogP contribution >= 0.6 is 0 Å². The summed E-state index contributed by atoms with van der Waals surface area (Å²) in [6.07, 6.45) is 5.39. The second-order valence-electron chi connectivity index (χ2n) is 13.4. The molecule has 2 aromatic heterocycles. The highest BCUT2D eigenvalue weighted by molar-refractivity contribution is 6.07. The number of likely N-dealkylation sites (N-methyl/N-ethyl adjacent to an activating group) is 1. The number of benzene rings is 4. The van der Waals surface area contributed by atoms with Crippen LogP contribution in [0.1, 0.15) is 31.8 Å². The number of hydrogen-bond donors (Lipinski definition) is 3. The summed E-state index contributed by atoms with van der Waals surface area (Å²) in [7, 11) is 1.80. The fraction of sp³-hybridized carbons (Fsp3) is 0.262. The minimum absolute atomic E-state index is 0.103. The summed E-state index contributed by atoms with van der Waals surface area (Å²) < 4.78 is 0. The number of para-hydroxylation sites is 3. The van der Waals surface area contributed by atoms with E-state index in [0.717, 1.165) is 38.6 Å². The maximum absolute atomic E-state index is 14.5. The Kier molecular flexibility index (Phi) is 10.6. The average molecular weight is 696 g/mol. The fourth-order valence-electron chi connectivity index (χ4n) is 7.03. The van der Waals surface area contributed by atoms with Gasteiger partial charge in [0.25, 0.3) is 11.8 Å². The van der Waals surface area contributed by atoms with Crippen molar-refractivity contribution < 1.29 is 14.4 Å². The van der Waals surface area contributed by atoms with Crippen molar-refractivity contribution in [3.8, 4) is 0 Å². The van der Waals surface area contributed by atoms with Crippen LogP contribution in [0.3, 0.4) is 0 Å². The summed E-state index contributed by atoms with van der Waals surface area (Å²) >= 11 is 0. The molecule has 7 rings (SSSR count). The molecule has 0 radical (unpaired) electrons. The molecule has 10 heteroatoms. The lowest BCUT2D eigenvalue weighted by Gasteiger charge is -2.36. The lowest BCUT2D eigenvalue weighted by Crippen LogP contribution is -2.51. The Hall–Kier alpha value is -5.87. The third-order valence-electron chi connectivity index (χ3n) is 10.1.